The molecule has 0 aromatic carbocycles. The standard InChI is InChI=1S/C9H13N3O4/c1-5(6(2)13)7-8(12(14)15)9(16-3)11-4-10-7/h4-6,13H,1-3H3. The Balaban J connectivity index is 3.33. The van der Waals surface area contributed by atoms with Gasteiger partial charge in [0.2, 0.25) is 0 Å². The largest absolute Gasteiger partial charge is 0.476 e. The van der Waals surface area contributed by atoms with Gasteiger partial charge in [0.25, 0.3) is 5.88 Å². The molecule has 0 fully saturated rings. The van der Waals surface area contributed by atoms with Crippen LogP contribution in [0.15, 0.2) is 6.33 Å². The Morgan fingerprint density at radius 3 is 2.56 bits per heavy atom. The predicted molar refractivity (Wildman–Crippen MR) is 55.3 cm³/mol. The van der Waals surface area contributed by atoms with Crippen molar-refractivity contribution in [3.05, 3.63) is 22.1 Å². The average molecular weight is 227 g/mol. The fourth-order valence-corrected chi connectivity index (χ4v) is 1.26. The van der Waals surface area contributed by atoms with Crippen molar-refractivity contribution in [3.63, 3.8) is 0 Å². The fraction of sp³-hybridized carbons (Fsp3) is 0.556. The van der Waals surface area contributed by atoms with Gasteiger partial charge in [-0.05, 0) is 6.92 Å². The molecule has 1 heterocycles. The van der Waals surface area contributed by atoms with E-state index in [9.17, 15) is 15.2 Å². The first-order valence-corrected chi connectivity index (χ1v) is 4.70. The van der Waals surface area contributed by atoms with Gasteiger partial charge < -0.3 is 9.84 Å². The van der Waals surface area contributed by atoms with Crippen molar-refractivity contribution in [3.8, 4) is 5.88 Å². The Morgan fingerprint density at radius 1 is 1.50 bits per heavy atom. The molecule has 0 bridgehead atoms. The summed E-state index contributed by atoms with van der Waals surface area (Å²) in [5, 5.41) is 20.3. The van der Waals surface area contributed by atoms with Crippen LogP contribution in [-0.4, -0.2) is 33.2 Å². The number of aliphatic hydroxyl groups excluding tert-OH is 1. The average Bonchev–Trinajstić information content (AvgIpc) is 2.26. The van der Waals surface area contributed by atoms with E-state index >= 15 is 0 Å². The molecular weight excluding hydrogens is 214 g/mol. The molecule has 0 saturated carbocycles. The van der Waals surface area contributed by atoms with Crippen molar-refractivity contribution < 1.29 is 14.8 Å². The molecule has 7 heteroatoms. The van der Waals surface area contributed by atoms with E-state index in [1.165, 1.54) is 13.4 Å². The Morgan fingerprint density at radius 2 is 2.12 bits per heavy atom. The topological polar surface area (TPSA) is 98.4 Å². The van der Waals surface area contributed by atoms with Crippen LogP contribution in [0.1, 0.15) is 25.5 Å². The maximum Gasteiger partial charge on any atom is 0.352 e. The summed E-state index contributed by atoms with van der Waals surface area (Å²) in [5.41, 5.74) is -0.120. The minimum Gasteiger partial charge on any atom is -0.476 e. The van der Waals surface area contributed by atoms with Crippen LogP contribution in [0.3, 0.4) is 0 Å². The molecule has 0 spiro atoms. The van der Waals surface area contributed by atoms with E-state index in [4.69, 9.17) is 4.74 Å². The molecule has 2 atom stereocenters. The van der Waals surface area contributed by atoms with Crippen LogP contribution in [-0.2, 0) is 0 Å². The second kappa shape index (κ2) is 4.84. The maximum atomic E-state index is 10.9. The fourth-order valence-electron chi connectivity index (χ4n) is 1.26. The van der Waals surface area contributed by atoms with E-state index in [1.54, 1.807) is 13.8 Å². The van der Waals surface area contributed by atoms with Crippen molar-refractivity contribution in [2.45, 2.75) is 25.9 Å². The van der Waals surface area contributed by atoms with Gasteiger partial charge in [-0.2, -0.15) is 4.98 Å². The van der Waals surface area contributed by atoms with Gasteiger partial charge in [0.05, 0.1) is 18.1 Å². The number of methoxy groups -OCH3 is 1. The van der Waals surface area contributed by atoms with Gasteiger partial charge >= 0.3 is 5.69 Å². The highest BCUT2D eigenvalue weighted by Gasteiger charge is 2.29. The Labute approximate surface area is 92.3 Å². The quantitative estimate of drug-likeness (QED) is 0.605. The summed E-state index contributed by atoms with van der Waals surface area (Å²) < 4.78 is 4.80. The van der Waals surface area contributed by atoms with Crippen LogP contribution in [0.4, 0.5) is 5.69 Å². The van der Waals surface area contributed by atoms with Gasteiger partial charge in [-0.3, -0.25) is 10.1 Å². The van der Waals surface area contributed by atoms with Gasteiger partial charge in [-0.25, -0.2) is 4.98 Å². The molecule has 0 aliphatic heterocycles. The number of ether oxygens (including phenoxy) is 1. The Kier molecular flexibility index (Phi) is 3.73. The van der Waals surface area contributed by atoms with Crippen molar-refractivity contribution in [1.29, 1.82) is 0 Å². The zero-order chi connectivity index (χ0) is 12.3. The molecule has 0 aliphatic carbocycles. The van der Waals surface area contributed by atoms with Crippen molar-refractivity contribution >= 4 is 5.69 Å². The zero-order valence-corrected chi connectivity index (χ0v) is 9.25. The molecule has 0 amide bonds. The molecule has 1 rings (SSSR count). The third kappa shape index (κ3) is 2.25. The van der Waals surface area contributed by atoms with Gasteiger partial charge in [-0.1, -0.05) is 6.92 Å². The van der Waals surface area contributed by atoms with Crippen LogP contribution in [0.5, 0.6) is 5.88 Å². The van der Waals surface area contributed by atoms with Gasteiger partial charge in [0.15, 0.2) is 0 Å². The smallest absolute Gasteiger partial charge is 0.352 e. The molecule has 1 N–H and O–H groups in total. The molecule has 88 valence electrons. The molecular formula is C9H13N3O4. The lowest BCUT2D eigenvalue weighted by molar-refractivity contribution is -0.387. The monoisotopic (exact) mass is 227 g/mol. The predicted octanol–water partition coefficient (Wildman–Crippen LogP) is 0.878. The summed E-state index contributed by atoms with van der Waals surface area (Å²) >= 11 is 0. The summed E-state index contributed by atoms with van der Waals surface area (Å²) in [7, 11) is 1.30. The van der Waals surface area contributed by atoms with Gasteiger partial charge in [0.1, 0.15) is 12.0 Å². The van der Waals surface area contributed by atoms with Crippen molar-refractivity contribution in [2.24, 2.45) is 0 Å². The normalized spacial score (nSPS) is 14.2. The van der Waals surface area contributed by atoms with Crippen LogP contribution in [0, 0.1) is 10.1 Å². The number of rotatable bonds is 4. The number of aromatic nitrogens is 2. The molecule has 7 nitrogen and oxygen atoms in total. The lowest BCUT2D eigenvalue weighted by atomic mass is 10.0. The number of aliphatic hydroxyl groups is 1. The molecule has 0 aliphatic rings. The number of hydrogen-bond donors (Lipinski definition) is 1. The highest BCUT2D eigenvalue weighted by molar-refractivity contribution is 5.46. The highest BCUT2D eigenvalue weighted by atomic mass is 16.6. The van der Waals surface area contributed by atoms with E-state index in [-0.39, 0.29) is 17.3 Å². The molecule has 1 aromatic rings. The van der Waals surface area contributed by atoms with Gasteiger partial charge in [0, 0.05) is 5.92 Å². The molecule has 0 radical (unpaired) electrons. The molecule has 0 saturated heterocycles. The second-order valence-corrected chi connectivity index (χ2v) is 3.40. The summed E-state index contributed by atoms with van der Waals surface area (Å²) in [6, 6.07) is 0. The minimum atomic E-state index is -0.738. The molecule has 2 unspecified atom stereocenters. The first-order chi connectivity index (χ1) is 7.49. The maximum absolute atomic E-state index is 10.9. The van der Waals surface area contributed by atoms with E-state index in [0.717, 1.165) is 0 Å². The van der Waals surface area contributed by atoms with E-state index in [2.05, 4.69) is 9.97 Å². The lowest BCUT2D eigenvalue weighted by Crippen LogP contribution is -2.15. The van der Waals surface area contributed by atoms with E-state index < -0.39 is 16.9 Å². The first kappa shape index (κ1) is 12.3. The van der Waals surface area contributed by atoms with Crippen LogP contribution in [0.25, 0.3) is 0 Å². The van der Waals surface area contributed by atoms with Gasteiger partial charge in [-0.15, -0.1) is 0 Å². The lowest BCUT2D eigenvalue weighted by Gasteiger charge is -2.14. The minimum absolute atomic E-state index is 0.0949. The van der Waals surface area contributed by atoms with E-state index in [0.29, 0.717) is 0 Å². The number of hydrogen-bond acceptors (Lipinski definition) is 6. The second-order valence-electron chi connectivity index (χ2n) is 3.40. The Bertz CT molecular complexity index is 394. The van der Waals surface area contributed by atoms with Crippen molar-refractivity contribution in [1.82, 2.24) is 9.97 Å². The number of nitro groups is 1. The van der Waals surface area contributed by atoms with Crippen LogP contribution < -0.4 is 4.74 Å². The third-order valence-corrected chi connectivity index (χ3v) is 2.35. The summed E-state index contributed by atoms with van der Waals surface area (Å²) in [6.45, 7) is 3.20. The molecule has 16 heavy (non-hydrogen) atoms. The highest BCUT2D eigenvalue weighted by Crippen LogP contribution is 2.32. The number of nitrogens with zero attached hydrogens (tertiary/aromatic N) is 3. The molecule has 1 aromatic heterocycles. The Hall–Kier alpha value is -1.76. The summed E-state index contributed by atoms with van der Waals surface area (Å²) in [5.74, 6) is -0.556. The zero-order valence-electron chi connectivity index (χ0n) is 9.25. The van der Waals surface area contributed by atoms with Crippen LogP contribution >= 0.6 is 0 Å². The van der Waals surface area contributed by atoms with Crippen LogP contribution in [0.2, 0.25) is 0 Å². The first-order valence-electron chi connectivity index (χ1n) is 4.70. The summed E-state index contributed by atoms with van der Waals surface area (Å²) in [4.78, 5) is 17.8. The van der Waals surface area contributed by atoms with Crippen molar-refractivity contribution in [2.75, 3.05) is 7.11 Å². The third-order valence-electron chi connectivity index (χ3n) is 2.35. The SMILES string of the molecule is COc1ncnc(C(C)C(C)O)c1[N+](=O)[O-]. The summed E-state index contributed by atoms with van der Waals surface area (Å²) in [6.07, 6.45) is 0.443. The van der Waals surface area contributed by atoms with E-state index in [1.807, 2.05) is 0 Å².